The third-order valence-electron chi connectivity index (χ3n) is 2.66. The van der Waals surface area contributed by atoms with Crippen molar-refractivity contribution in [3.05, 3.63) is 35.4 Å². The Kier molecular flexibility index (Phi) is 6.01. The molecule has 94 valence electrons. The van der Waals surface area contributed by atoms with E-state index in [0.29, 0.717) is 18.0 Å². The molecule has 0 heterocycles. The molecule has 1 aromatic rings. The van der Waals surface area contributed by atoms with Crippen LogP contribution in [0, 0.1) is 0 Å². The van der Waals surface area contributed by atoms with E-state index < -0.39 is 0 Å². The Morgan fingerprint density at radius 3 is 2.88 bits per heavy atom. The summed E-state index contributed by atoms with van der Waals surface area (Å²) in [4.78, 5) is 14.0. The molecule has 0 unspecified atom stereocenters. The summed E-state index contributed by atoms with van der Waals surface area (Å²) in [6.45, 7) is 4.59. The molecule has 0 aliphatic carbocycles. The van der Waals surface area contributed by atoms with Crippen molar-refractivity contribution in [1.29, 1.82) is 0 Å². The first-order valence-electron chi connectivity index (χ1n) is 5.79. The zero-order valence-electron chi connectivity index (χ0n) is 10.4. The molecule has 0 spiro atoms. The molecule has 0 aromatic heterocycles. The second-order valence-electron chi connectivity index (χ2n) is 3.99. The average Bonchev–Trinajstić information content (AvgIpc) is 2.38. The zero-order chi connectivity index (χ0) is 12.7. The predicted molar refractivity (Wildman–Crippen MR) is 71.5 cm³/mol. The summed E-state index contributed by atoms with van der Waals surface area (Å²) in [5.74, 6) is 0.390. The van der Waals surface area contributed by atoms with E-state index >= 15 is 0 Å². The minimum Gasteiger partial charge on any atom is -0.351 e. The second kappa shape index (κ2) is 7.30. The number of halogens is 1. The number of rotatable bonds is 6. The fourth-order valence-corrected chi connectivity index (χ4v) is 1.58. The molecule has 0 aliphatic heterocycles. The number of nitrogens with one attached hydrogen (secondary N) is 1. The lowest BCUT2D eigenvalue weighted by Crippen LogP contribution is -2.32. The Balaban J connectivity index is 2.46. The minimum atomic E-state index is -0.0403. The summed E-state index contributed by atoms with van der Waals surface area (Å²) in [6.07, 6.45) is 0. The van der Waals surface area contributed by atoms with Crippen LogP contribution in [-0.4, -0.2) is 37.5 Å². The van der Waals surface area contributed by atoms with Gasteiger partial charge in [0, 0.05) is 24.5 Å². The van der Waals surface area contributed by atoms with E-state index in [-0.39, 0.29) is 5.91 Å². The fourth-order valence-electron chi connectivity index (χ4n) is 1.42. The van der Waals surface area contributed by atoms with E-state index in [2.05, 4.69) is 17.1 Å². The molecule has 1 amide bonds. The lowest BCUT2D eigenvalue weighted by molar-refractivity contribution is 0.0950. The molecular formula is C13H19ClN2O. The van der Waals surface area contributed by atoms with Gasteiger partial charge in [-0.3, -0.25) is 4.79 Å². The van der Waals surface area contributed by atoms with Gasteiger partial charge in [0.15, 0.2) is 0 Å². The highest BCUT2D eigenvalue weighted by molar-refractivity contribution is 6.17. The van der Waals surface area contributed by atoms with Gasteiger partial charge in [-0.15, -0.1) is 11.6 Å². The Morgan fingerprint density at radius 1 is 1.47 bits per heavy atom. The summed E-state index contributed by atoms with van der Waals surface area (Å²) < 4.78 is 0. The lowest BCUT2D eigenvalue weighted by Gasteiger charge is -2.14. The number of likely N-dealkylation sites (N-methyl/N-ethyl adjacent to an activating group) is 1. The van der Waals surface area contributed by atoms with Crippen LogP contribution in [-0.2, 0) is 5.88 Å². The topological polar surface area (TPSA) is 32.3 Å². The maximum Gasteiger partial charge on any atom is 0.251 e. The number of benzene rings is 1. The number of carbonyl (C=O) groups is 1. The van der Waals surface area contributed by atoms with Crippen LogP contribution in [0.3, 0.4) is 0 Å². The van der Waals surface area contributed by atoms with Crippen LogP contribution in [0.2, 0.25) is 0 Å². The number of amides is 1. The van der Waals surface area contributed by atoms with E-state index in [1.54, 1.807) is 6.07 Å². The first kappa shape index (κ1) is 14.0. The molecule has 4 heteroatoms. The first-order chi connectivity index (χ1) is 8.17. The maximum atomic E-state index is 11.8. The molecule has 1 N–H and O–H groups in total. The number of alkyl halides is 1. The standard InChI is InChI=1S/C13H19ClN2O/c1-3-16(2)8-7-15-13(17)12-6-4-5-11(9-12)10-14/h4-6,9H,3,7-8,10H2,1-2H3,(H,15,17). The van der Waals surface area contributed by atoms with Crippen molar-refractivity contribution in [3.8, 4) is 0 Å². The van der Waals surface area contributed by atoms with Gasteiger partial charge in [0.25, 0.3) is 5.91 Å². The molecule has 0 atom stereocenters. The second-order valence-corrected chi connectivity index (χ2v) is 4.25. The van der Waals surface area contributed by atoms with Gasteiger partial charge in [0.05, 0.1) is 0 Å². The molecular weight excluding hydrogens is 236 g/mol. The smallest absolute Gasteiger partial charge is 0.251 e. The molecule has 17 heavy (non-hydrogen) atoms. The molecule has 1 aromatic carbocycles. The summed E-state index contributed by atoms with van der Waals surface area (Å²) in [7, 11) is 2.03. The van der Waals surface area contributed by atoms with Gasteiger partial charge in [-0.25, -0.2) is 0 Å². The fraction of sp³-hybridized carbons (Fsp3) is 0.462. The number of hydrogen-bond donors (Lipinski definition) is 1. The number of carbonyl (C=O) groups excluding carboxylic acids is 1. The molecule has 0 saturated carbocycles. The molecule has 0 saturated heterocycles. The van der Waals surface area contributed by atoms with Crippen LogP contribution in [0.1, 0.15) is 22.8 Å². The van der Waals surface area contributed by atoms with Gasteiger partial charge in [-0.1, -0.05) is 19.1 Å². The van der Waals surface area contributed by atoms with E-state index in [1.165, 1.54) is 0 Å². The summed E-state index contributed by atoms with van der Waals surface area (Å²) in [6, 6.07) is 7.39. The maximum absolute atomic E-state index is 11.8. The van der Waals surface area contributed by atoms with Gasteiger partial charge in [-0.05, 0) is 31.3 Å². The van der Waals surface area contributed by atoms with E-state index in [0.717, 1.165) is 18.7 Å². The van der Waals surface area contributed by atoms with Gasteiger partial charge < -0.3 is 10.2 Å². The summed E-state index contributed by atoms with van der Waals surface area (Å²) in [5, 5.41) is 2.89. The molecule has 3 nitrogen and oxygen atoms in total. The van der Waals surface area contributed by atoms with Crippen LogP contribution in [0.5, 0.6) is 0 Å². The van der Waals surface area contributed by atoms with E-state index in [4.69, 9.17) is 11.6 Å². The highest BCUT2D eigenvalue weighted by Gasteiger charge is 2.05. The van der Waals surface area contributed by atoms with Gasteiger partial charge >= 0.3 is 0 Å². The third-order valence-corrected chi connectivity index (χ3v) is 2.97. The SMILES string of the molecule is CCN(C)CCNC(=O)c1cccc(CCl)c1. The third kappa shape index (κ3) is 4.75. The Labute approximate surface area is 108 Å². The van der Waals surface area contributed by atoms with Crippen LogP contribution >= 0.6 is 11.6 Å². The average molecular weight is 255 g/mol. The van der Waals surface area contributed by atoms with Crippen LogP contribution in [0.15, 0.2) is 24.3 Å². The monoisotopic (exact) mass is 254 g/mol. The van der Waals surface area contributed by atoms with Gasteiger partial charge in [0.2, 0.25) is 0 Å². The lowest BCUT2D eigenvalue weighted by atomic mass is 10.1. The number of nitrogens with zero attached hydrogens (tertiary/aromatic N) is 1. The van der Waals surface area contributed by atoms with Crippen molar-refractivity contribution in [2.24, 2.45) is 0 Å². The normalized spacial score (nSPS) is 10.6. The summed E-state index contributed by atoms with van der Waals surface area (Å²) in [5.41, 5.74) is 1.63. The predicted octanol–water partition coefficient (Wildman–Crippen LogP) is 2.11. The van der Waals surface area contributed by atoms with Gasteiger partial charge in [0.1, 0.15) is 0 Å². The van der Waals surface area contributed by atoms with Crippen molar-refractivity contribution in [3.63, 3.8) is 0 Å². The van der Waals surface area contributed by atoms with Crippen LogP contribution in [0.25, 0.3) is 0 Å². The largest absolute Gasteiger partial charge is 0.351 e. The quantitative estimate of drug-likeness (QED) is 0.789. The molecule has 0 radical (unpaired) electrons. The van der Waals surface area contributed by atoms with Crippen molar-refractivity contribution in [2.45, 2.75) is 12.8 Å². The Bertz CT molecular complexity index is 368. The molecule has 0 aliphatic rings. The van der Waals surface area contributed by atoms with Gasteiger partial charge in [-0.2, -0.15) is 0 Å². The molecule has 0 fully saturated rings. The molecule has 1 rings (SSSR count). The number of hydrogen-bond acceptors (Lipinski definition) is 2. The highest BCUT2D eigenvalue weighted by Crippen LogP contribution is 2.07. The van der Waals surface area contributed by atoms with E-state index in [1.807, 2.05) is 25.2 Å². The Morgan fingerprint density at radius 2 is 2.24 bits per heavy atom. The van der Waals surface area contributed by atoms with E-state index in [9.17, 15) is 4.79 Å². The van der Waals surface area contributed by atoms with Crippen molar-refractivity contribution < 1.29 is 4.79 Å². The molecule has 0 bridgehead atoms. The van der Waals surface area contributed by atoms with Crippen molar-refractivity contribution in [1.82, 2.24) is 10.2 Å². The highest BCUT2D eigenvalue weighted by atomic mass is 35.5. The summed E-state index contributed by atoms with van der Waals surface area (Å²) >= 11 is 5.73. The van der Waals surface area contributed by atoms with Crippen molar-refractivity contribution in [2.75, 3.05) is 26.7 Å². The Hall–Kier alpha value is -1.06. The first-order valence-corrected chi connectivity index (χ1v) is 6.32. The zero-order valence-corrected chi connectivity index (χ0v) is 11.1. The minimum absolute atomic E-state index is 0.0403. The van der Waals surface area contributed by atoms with Crippen LogP contribution < -0.4 is 5.32 Å². The van der Waals surface area contributed by atoms with Crippen molar-refractivity contribution >= 4 is 17.5 Å². The van der Waals surface area contributed by atoms with Crippen LogP contribution in [0.4, 0.5) is 0 Å².